The summed E-state index contributed by atoms with van der Waals surface area (Å²) in [5.74, 6) is 1.32. The predicted molar refractivity (Wildman–Crippen MR) is 57.7 cm³/mol. The number of piperidine rings is 1. The summed E-state index contributed by atoms with van der Waals surface area (Å²) in [4.78, 5) is 4.14. The van der Waals surface area contributed by atoms with Gasteiger partial charge in [-0.25, -0.2) is 0 Å². The first-order valence-electron chi connectivity index (χ1n) is 5.53. The minimum absolute atomic E-state index is 0.373. The molecule has 1 aromatic rings. The largest absolute Gasteiger partial charge is 0.335 e. The van der Waals surface area contributed by atoms with E-state index in [-0.39, 0.29) is 0 Å². The van der Waals surface area contributed by atoms with Crippen molar-refractivity contribution < 1.29 is 4.52 Å². The Morgan fingerprint density at radius 1 is 1.60 bits per heavy atom. The average Bonchev–Trinajstić information content (AvgIpc) is 2.65. The minimum Gasteiger partial charge on any atom is -0.335 e. The van der Waals surface area contributed by atoms with Crippen LogP contribution in [0.25, 0.3) is 0 Å². The Morgan fingerprint density at radius 3 is 3.07 bits per heavy atom. The first kappa shape index (κ1) is 10.4. The summed E-state index contributed by atoms with van der Waals surface area (Å²) in [5, 5.41) is 10.4. The standard InChI is InChI=1S/C10H18N4O/c1-7(9-4-3-5-11-6-9)12-10-13-8(2)14-15-10/h7,9,11H,3-6H2,1-2H3,(H,12,13,14). The molecule has 2 rings (SSSR count). The zero-order valence-electron chi connectivity index (χ0n) is 9.29. The Hall–Kier alpha value is -1.10. The van der Waals surface area contributed by atoms with Gasteiger partial charge in [0, 0.05) is 6.04 Å². The fraction of sp³-hybridized carbons (Fsp3) is 0.800. The predicted octanol–water partition coefficient (Wildman–Crippen LogP) is 1.18. The van der Waals surface area contributed by atoms with Crippen molar-refractivity contribution in [2.24, 2.45) is 5.92 Å². The molecule has 15 heavy (non-hydrogen) atoms. The topological polar surface area (TPSA) is 63.0 Å². The minimum atomic E-state index is 0.373. The van der Waals surface area contributed by atoms with Crippen LogP contribution in [0.15, 0.2) is 4.52 Å². The number of nitrogens with one attached hydrogen (secondary N) is 2. The number of aromatic nitrogens is 2. The number of aryl methyl sites for hydroxylation is 1. The molecule has 84 valence electrons. The molecule has 1 aliphatic rings. The van der Waals surface area contributed by atoms with E-state index in [1.165, 1.54) is 12.8 Å². The molecule has 0 radical (unpaired) electrons. The number of hydrogen-bond acceptors (Lipinski definition) is 5. The maximum Gasteiger partial charge on any atom is 0.321 e. The quantitative estimate of drug-likeness (QED) is 0.784. The SMILES string of the molecule is Cc1noc(NC(C)C2CCCNC2)n1. The van der Waals surface area contributed by atoms with Gasteiger partial charge in [0.25, 0.3) is 0 Å². The molecule has 2 unspecified atom stereocenters. The molecular formula is C10H18N4O. The Labute approximate surface area is 89.6 Å². The fourth-order valence-electron chi connectivity index (χ4n) is 1.97. The molecule has 0 amide bonds. The molecule has 2 N–H and O–H groups in total. The lowest BCUT2D eigenvalue weighted by Gasteiger charge is -2.28. The summed E-state index contributed by atoms with van der Waals surface area (Å²) in [6, 6.07) is 0.906. The van der Waals surface area contributed by atoms with E-state index in [2.05, 4.69) is 27.7 Å². The lowest BCUT2D eigenvalue weighted by Crippen LogP contribution is -2.38. The first-order valence-corrected chi connectivity index (χ1v) is 5.53. The highest BCUT2D eigenvalue weighted by Crippen LogP contribution is 2.17. The van der Waals surface area contributed by atoms with Gasteiger partial charge in [0.05, 0.1) is 0 Å². The molecule has 0 spiro atoms. The Bertz CT molecular complexity index is 306. The van der Waals surface area contributed by atoms with Gasteiger partial charge in [-0.2, -0.15) is 4.98 Å². The van der Waals surface area contributed by atoms with Gasteiger partial charge >= 0.3 is 6.01 Å². The number of nitrogens with zero attached hydrogens (tertiary/aromatic N) is 2. The van der Waals surface area contributed by atoms with Gasteiger partial charge in [0.1, 0.15) is 0 Å². The fourth-order valence-corrected chi connectivity index (χ4v) is 1.97. The van der Waals surface area contributed by atoms with Crippen LogP contribution in [0.2, 0.25) is 0 Å². The van der Waals surface area contributed by atoms with Crippen molar-refractivity contribution >= 4 is 6.01 Å². The van der Waals surface area contributed by atoms with Gasteiger partial charge < -0.3 is 15.2 Å². The second-order valence-electron chi connectivity index (χ2n) is 4.19. The highest BCUT2D eigenvalue weighted by Gasteiger charge is 2.20. The summed E-state index contributed by atoms with van der Waals surface area (Å²) in [5.41, 5.74) is 0. The van der Waals surface area contributed by atoms with Crippen molar-refractivity contribution in [2.45, 2.75) is 32.7 Å². The van der Waals surface area contributed by atoms with Crippen molar-refractivity contribution in [3.05, 3.63) is 5.82 Å². The Morgan fingerprint density at radius 2 is 2.47 bits per heavy atom. The van der Waals surface area contributed by atoms with Crippen LogP contribution in [0.5, 0.6) is 0 Å². The maximum atomic E-state index is 5.03. The van der Waals surface area contributed by atoms with Gasteiger partial charge in [-0.1, -0.05) is 5.16 Å². The Balaban J connectivity index is 1.88. The second-order valence-corrected chi connectivity index (χ2v) is 4.19. The molecule has 2 heterocycles. The highest BCUT2D eigenvalue weighted by molar-refractivity contribution is 5.20. The maximum absolute atomic E-state index is 5.03. The summed E-state index contributed by atoms with van der Waals surface area (Å²) in [7, 11) is 0. The van der Waals surface area contributed by atoms with Crippen molar-refractivity contribution in [2.75, 3.05) is 18.4 Å². The molecular weight excluding hydrogens is 192 g/mol. The summed E-state index contributed by atoms with van der Waals surface area (Å²) in [6.45, 7) is 6.20. The van der Waals surface area contributed by atoms with Crippen molar-refractivity contribution in [1.82, 2.24) is 15.5 Å². The lowest BCUT2D eigenvalue weighted by molar-refractivity contribution is 0.338. The third kappa shape index (κ3) is 2.68. The molecule has 1 fully saturated rings. The molecule has 1 aliphatic heterocycles. The van der Waals surface area contributed by atoms with Gasteiger partial charge in [-0.15, -0.1) is 0 Å². The van der Waals surface area contributed by atoms with E-state index in [0.717, 1.165) is 13.1 Å². The molecule has 0 bridgehead atoms. The molecule has 1 saturated heterocycles. The van der Waals surface area contributed by atoms with Gasteiger partial charge in [-0.3, -0.25) is 0 Å². The van der Waals surface area contributed by atoms with Crippen LogP contribution in [0, 0.1) is 12.8 Å². The molecule has 1 aromatic heterocycles. The number of anilines is 1. The van der Waals surface area contributed by atoms with Crippen molar-refractivity contribution in [3.63, 3.8) is 0 Å². The molecule has 5 heteroatoms. The summed E-state index contributed by atoms with van der Waals surface area (Å²) < 4.78 is 5.03. The van der Waals surface area contributed by atoms with Crippen LogP contribution in [0.4, 0.5) is 6.01 Å². The van der Waals surface area contributed by atoms with E-state index in [1.807, 2.05) is 6.92 Å². The average molecular weight is 210 g/mol. The first-order chi connectivity index (χ1) is 7.25. The number of rotatable bonds is 3. The third-order valence-electron chi connectivity index (χ3n) is 2.92. The van der Waals surface area contributed by atoms with Crippen molar-refractivity contribution in [1.29, 1.82) is 0 Å². The zero-order chi connectivity index (χ0) is 10.7. The summed E-state index contributed by atoms with van der Waals surface area (Å²) in [6.07, 6.45) is 2.51. The van der Waals surface area contributed by atoms with Gasteiger partial charge in [-0.05, 0) is 45.7 Å². The van der Waals surface area contributed by atoms with Gasteiger partial charge in [0.15, 0.2) is 5.82 Å². The van der Waals surface area contributed by atoms with E-state index in [9.17, 15) is 0 Å². The Kier molecular flexibility index (Phi) is 3.20. The highest BCUT2D eigenvalue weighted by atomic mass is 16.5. The van der Waals surface area contributed by atoms with E-state index in [1.54, 1.807) is 0 Å². The lowest BCUT2D eigenvalue weighted by atomic mass is 9.93. The number of hydrogen-bond donors (Lipinski definition) is 2. The zero-order valence-corrected chi connectivity index (χ0v) is 9.29. The van der Waals surface area contributed by atoms with Gasteiger partial charge in [0.2, 0.25) is 0 Å². The molecule has 5 nitrogen and oxygen atoms in total. The van der Waals surface area contributed by atoms with E-state index < -0.39 is 0 Å². The van der Waals surface area contributed by atoms with E-state index in [4.69, 9.17) is 4.52 Å². The van der Waals surface area contributed by atoms with E-state index in [0.29, 0.717) is 23.8 Å². The normalized spacial score (nSPS) is 23.7. The summed E-state index contributed by atoms with van der Waals surface area (Å²) >= 11 is 0. The molecule has 0 aromatic carbocycles. The van der Waals surface area contributed by atoms with Crippen LogP contribution in [0.3, 0.4) is 0 Å². The van der Waals surface area contributed by atoms with Crippen LogP contribution in [-0.2, 0) is 0 Å². The van der Waals surface area contributed by atoms with Crippen LogP contribution >= 0.6 is 0 Å². The van der Waals surface area contributed by atoms with Crippen LogP contribution in [-0.4, -0.2) is 29.3 Å². The molecule has 0 aliphatic carbocycles. The third-order valence-corrected chi connectivity index (χ3v) is 2.92. The monoisotopic (exact) mass is 210 g/mol. The van der Waals surface area contributed by atoms with Crippen LogP contribution in [0.1, 0.15) is 25.6 Å². The second kappa shape index (κ2) is 4.61. The van der Waals surface area contributed by atoms with Crippen LogP contribution < -0.4 is 10.6 Å². The molecule has 0 saturated carbocycles. The molecule has 2 atom stereocenters. The van der Waals surface area contributed by atoms with E-state index >= 15 is 0 Å². The smallest absolute Gasteiger partial charge is 0.321 e. The van der Waals surface area contributed by atoms with Crippen molar-refractivity contribution in [3.8, 4) is 0 Å².